The standard InChI is InChI=1S/C22H25ClN6O/c23-18-7-2-1-5-15(18)6-3-4-10-26-22(30)29-21-9-8-19-20(28-21)11-16(14-27-19)17(12-24)13-25/h1-2,5,7-9,11-12,14H,3-4,6,10,13,24-25H2,(H2,26,28,29,30)/b17-12+. The van der Waals surface area contributed by atoms with Crippen molar-refractivity contribution in [2.24, 2.45) is 11.5 Å². The number of rotatable bonds is 8. The maximum atomic E-state index is 12.2. The fraction of sp³-hybridized carbons (Fsp3) is 0.227. The van der Waals surface area contributed by atoms with Crippen LogP contribution in [0.15, 0.2) is 54.9 Å². The summed E-state index contributed by atoms with van der Waals surface area (Å²) in [6.07, 6.45) is 5.84. The number of halogens is 1. The molecule has 6 N–H and O–H groups in total. The van der Waals surface area contributed by atoms with Crippen LogP contribution in [0.3, 0.4) is 0 Å². The maximum Gasteiger partial charge on any atom is 0.320 e. The van der Waals surface area contributed by atoms with Crippen molar-refractivity contribution in [2.75, 3.05) is 18.4 Å². The molecule has 0 atom stereocenters. The first kappa shape index (κ1) is 21.5. The highest BCUT2D eigenvalue weighted by Crippen LogP contribution is 2.19. The number of carbonyl (C=O) groups is 1. The lowest BCUT2D eigenvalue weighted by molar-refractivity contribution is 0.252. The van der Waals surface area contributed by atoms with Gasteiger partial charge in [-0.2, -0.15) is 0 Å². The van der Waals surface area contributed by atoms with Crippen LogP contribution in [0.4, 0.5) is 10.6 Å². The molecule has 0 radical (unpaired) electrons. The summed E-state index contributed by atoms with van der Waals surface area (Å²) in [6, 6.07) is 12.9. The van der Waals surface area contributed by atoms with Crippen molar-refractivity contribution in [1.82, 2.24) is 15.3 Å². The topological polar surface area (TPSA) is 119 Å². The lowest BCUT2D eigenvalue weighted by Gasteiger charge is -2.09. The number of hydrogen-bond acceptors (Lipinski definition) is 5. The van der Waals surface area contributed by atoms with Gasteiger partial charge < -0.3 is 16.8 Å². The number of nitrogens with zero attached hydrogens (tertiary/aromatic N) is 2. The molecular formula is C22H25ClN6O. The highest BCUT2D eigenvalue weighted by atomic mass is 35.5. The number of benzene rings is 1. The number of nitrogens with one attached hydrogen (secondary N) is 2. The van der Waals surface area contributed by atoms with E-state index in [1.54, 1.807) is 18.3 Å². The van der Waals surface area contributed by atoms with Gasteiger partial charge in [0.1, 0.15) is 5.82 Å². The highest BCUT2D eigenvalue weighted by Gasteiger charge is 2.07. The minimum Gasteiger partial charge on any atom is -0.404 e. The molecule has 0 saturated heterocycles. The zero-order valence-electron chi connectivity index (χ0n) is 16.6. The van der Waals surface area contributed by atoms with Gasteiger partial charge in [0.15, 0.2) is 0 Å². The van der Waals surface area contributed by atoms with Crippen LogP contribution in [0.1, 0.15) is 24.0 Å². The zero-order chi connectivity index (χ0) is 21.3. The van der Waals surface area contributed by atoms with E-state index in [2.05, 4.69) is 20.6 Å². The highest BCUT2D eigenvalue weighted by molar-refractivity contribution is 6.31. The molecule has 1 aromatic carbocycles. The van der Waals surface area contributed by atoms with Crippen LogP contribution in [0.25, 0.3) is 16.6 Å². The predicted octanol–water partition coefficient (Wildman–Crippen LogP) is 3.69. The third-order valence-corrected chi connectivity index (χ3v) is 5.06. The molecule has 7 nitrogen and oxygen atoms in total. The average Bonchev–Trinajstić information content (AvgIpc) is 2.75. The Morgan fingerprint density at radius 2 is 1.97 bits per heavy atom. The number of anilines is 1. The van der Waals surface area contributed by atoms with E-state index >= 15 is 0 Å². The summed E-state index contributed by atoms with van der Waals surface area (Å²) >= 11 is 6.16. The molecule has 3 aromatic rings. The third kappa shape index (κ3) is 5.68. The molecule has 0 fully saturated rings. The molecule has 0 aliphatic carbocycles. The Kier molecular flexibility index (Phi) is 7.59. The summed E-state index contributed by atoms with van der Waals surface area (Å²) in [4.78, 5) is 21.0. The minimum atomic E-state index is -0.298. The molecule has 2 amide bonds. The number of aromatic nitrogens is 2. The second kappa shape index (κ2) is 10.6. The van der Waals surface area contributed by atoms with Crippen LogP contribution in [0.5, 0.6) is 0 Å². The van der Waals surface area contributed by atoms with Gasteiger partial charge in [0.25, 0.3) is 0 Å². The summed E-state index contributed by atoms with van der Waals surface area (Å²) in [5.74, 6) is 0.445. The van der Waals surface area contributed by atoms with E-state index in [-0.39, 0.29) is 6.03 Å². The number of urea groups is 1. The van der Waals surface area contributed by atoms with Crippen LogP contribution in [-0.4, -0.2) is 29.1 Å². The molecule has 3 rings (SSSR count). The average molecular weight is 425 g/mol. The van der Waals surface area contributed by atoms with Gasteiger partial charge in [0.05, 0.1) is 11.0 Å². The summed E-state index contributed by atoms with van der Waals surface area (Å²) in [5.41, 5.74) is 15.4. The number of aryl methyl sites for hydroxylation is 1. The summed E-state index contributed by atoms with van der Waals surface area (Å²) in [6.45, 7) is 0.872. The first-order valence-corrected chi connectivity index (χ1v) is 10.1. The van der Waals surface area contributed by atoms with Gasteiger partial charge in [-0.05, 0) is 60.9 Å². The molecule has 2 aromatic heterocycles. The normalized spacial score (nSPS) is 11.5. The minimum absolute atomic E-state index is 0.298. The van der Waals surface area contributed by atoms with Crippen molar-refractivity contribution < 1.29 is 4.79 Å². The molecule has 8 heteroatoms. The van der Waals surface area contributed by atoms with Crippen molar-refractivity contribution in [3.8, 4) is 0 Å². The number of fused-ring (bicyclic) bond motifs is 1. The van der Waals surface area contributed by atoms with E-state index < -0.39 is 0 Å². The maximum absolute atomic E-state index is 12.2. The van der Waals surface area contributed by atoms with E-state index in [0.29, 0.717) is 24.4 Å². The van der Waals surface area contributed by atoms with Gasteiger partial charge in [-0.15, -0.1) is 0 Å². The van der Waals surface area contributed by atoms with Crippen LogP contribution >= 0.6 is 11.6 Å². The van der Waals surface area contributed by atoms with Gasteiger partial charge in [0.2, 0.25) is 0 Å². The van der Waals surface area contributed by atoms with Gasteiger partial charge in [0, 0.05) is 29.9 Å². The van der Waals surface area contributed by atoms with Crippen LogP contribution in [0, 0.1) is 0 Å². The van der Waals surface area contributed by atoms with Crippen molar-refractivity contribution in [3.05, 3.63) is 71.0 Å². The Morgan fingerprint density at radius 3 is 2.73 bits per heavy atom. The van der Waals surface area contributed by atoms with Crippen molar-refractivity contribution in [3.63, 3.8) is 0 Å². The first-order chi connectivity index (χ1) is 14.6. The SMILES string of the molecule is N/C=C(\CN)c1cnc2ccc(NC(=O)NCCCCc3ccccc3Cl)nc2c1. The second-order valence-electron chi connectivity index (χ2n) is 6.78. The van der Waals surface area contributed by atoms with Crippen molar-refractivity contribution >= 4 is 40.1 Å². The second-order valence-corrected chi connectivity index (χ2v) is 7.19. The van der Waals surface area contributed by atoms with Crippen LogP contribution < -0.4 is 22.1 Å². The third-order valence-electron chi connectivity index (χ3n) is 4.69. The van der Waals surface area contributed by atoms with Crippen molar-refractivity contribution in [2.45, 2.75) is 19.3 Å². The summed E-state index contributed by atoms with van der Waals surface area (Å²) in [5, 5.41) is 6.38. The first-order valence-electron chi connectivity index (χ1n) is 9.77. The van der Waals surface area contributed by atoms with Gasteiger partial charge in [-0.25, -0.2) is 9.78 Å². The number of carbonyl (C=O) groups excluding carboxylic acids is 1. The Morgan fingerprint density at radius 1 is 1.13 bits per heavy atom. The summed E-state index contributed by atoms with van der Waals surface area (Å²) in [7, 11) is 0. The van der Waals surface area contributed by atoms with E-state index in [4.69, 9.17) is 23.1 Å². The fourth-order valence-electron chi connectivity index (χ4n) is 3.04. The van der Waals surface area contributed by atoms with E-state index in [1.807, 2.05) is 30.3 Å². The molecule has 0 spiro atoms. The van der Waals surface area contributed by atoms with Crippen molar-refractivity contribution in [1.29, 1.82) is 0 Å². The van der Waals surface area contributed by atoms with E-state index in [9.17, 15) is 4.79 Å². The lowest BCUT2D eigenvalue weighted by Crippen LogP contribution is -2.29. The lowest BCUT2D eigenvalue weighted by atomic mass is 10.1. The Hall–Kier alpha value is -3.16. The molecule has 0 aliphatic heterocycles. The molecule has 30 heavy (non-hydrogen) atoms. The van der Waals surface area contributed by atoms with Crippen LogP contribution in [-0.2, 0) is 6.42 Å². The van der Waals surface area contributed by atoms with E-state index in [1.165, 1.54) is 6.20 Å². The number of hydrogen-bond donors (Lipinski definition) is 4. The number of amides is 2. The zero-order valence-corrected chi connectivity index (χ0v) is 17.3. The van der Waals surface area contributed by atoms with Gasteiger partial charge in [-0.3, -0.25) is 10.3 Å². The van der Waals surface area contributed by atoms with Gasteiger partial charge >= 0.3 is 6.03 Å². The molecule has 0 saturated carbocycles. The monoisotopic (exact) mass is 424 g/mol. The Bertz CT molecular complexity index is 1050. The Balaban J connectivity index is 1.51. The molecular weight excluding hydrogens is 400 g/mol. The molecule has 0 bridgehead atoms. The van der Waals surface area contributed by atoms with Gasteiger partial charge in [-0.1, -0.05) is 29.8 Å². The number of unbranched alkanes of at least 4 members (excludes halogenated alkanes) is 1. The predicted molar refractivity (Wildman–Crippen MR) is 122 cm³/mol. The molecule has 156 valence electrons. The Labute approximate surface area is 180 Å². The largest absolute Gasteiger partial charge is 0.404 e. The van der Waals surface area contributed by atoms with Crippen LogP contribution in [0.2, 0.25) is 5.02 Å². The number of pyridine rings is 2. The molecule has 0 unspecified atom stereocenters. The number of nitrogens with two attached hydrogens (primary N) is 2. The quantitative estimate of drug-likeness (QED) is 0.411. The molecule has 0 aliphatic rings. The molecule has 2 heterocycles. The fourth-order valence-corrected chi connectivity index (χ4v) is 3.27. The summed E-state index contributed by atoms with van der Waals surface area (Å²) < 4.78 is 0. The van der Waals surface area contributed by atoms with E-state index in [0.717, 1.165) is 46.5 Å². The smallest absolute Gasteiger partial charge is 0.320 e.